The molecular formula is C17H22N2O4S. The van der Waals surface area contributed by atoms with E-state index >= 15 is 0 Å². The molecule has 2 heterocycles. The first-order chi connectivity index (χ1) is 11.4. The van der Waals surface area contributed by atoms with Gasteiger partial charge < -0.3 is 4.90 Å². The molecule has 1 fully saturated rings. The third-order valence-electron chi connectivity index (χ3n) is 4.90. The summed E-state index contributed by atoms with van der Waals surface area (Å²) >= 11 is 0. The first-order valence-corrected chi connectivity index (χ1v) is 9.87. The second-order valence-electron chi connectivity index (χ2n) is 6.24. The van der Waals surface area contributed by atoms with E-state index in [2.05, 4.69) is 6.92 Å². The number of sulfonamides is 1. The van der Waals surface area contributed by atoms with Gasteiger partial charge in [0.1, 0.15) is 4.90 Å². The highest BCUT2D eigenvalue weighted by atomic mass is 32.2. The summed E-state index contributed by atoms with van der Waals surface area (Å²) < 4.78 is 25.8. The Labute approximate surface area is 142 Å². The molecule has 3 rings (SSSR count). The molecule has 1 unspecified atom stereocenters. The predicted molar refractivity (Wildman–Crippen MR) is 89.3 cm³/mol. The van der Waals surface area contributed by atoms with E-state index in [4.69, 9.17) is 0 Å². The molecule has 1 aromatic carbocycles. The number of likely N-dealkylation sites (tertiary alicyclic amines) is 1. The number of benzene rings is 1. The summed E-state index contributed by atoms with van der Waals surface area (Å²) in [5, 5.41) is 0. The largest absolute Gasteiger partial charge is 0.336 e. The minimum Gasteiger partial charge on any atom is -0.336 e. The Balaban J connectivity index is 1.98. The average Bonchev–Trinajstić information content (AvgIpc) is 2.79. The molecule has 130 valence electrons. The molecule has 0 radical (unpaired) electrons. The number of nitrogens with zero attached hydrogens (tertiary/aromatic N) is 2. The lowest BCUT2D eigenvalue weighted by Gasteiger charge is -2.35. The second kappa shape index (κ2) is 6.20. The zero-order valence-corrected chi connectivity index (χ0v) is 14.8. The molecule has 1 atom stereocenters. The van der Waals surface area contributed by atoms with Gasteiger partial charge in [-0.1, -0.05) is 6.92 Å². The average molecular weight is 350 g/mol. The maximum Gasteiger partial charge on any atom is 0.268 e. The van der Waals surface area contributed by atoms with Gasteiger partial charge in [-0.15, -0.1) is 0 Å². The van der Waals surface area contributed by atoms with E-state index in [1.165, 1.54) is 12.1 Å². The Morgan fingerprint density at radius 2 is 2.00 bits per heavy atom. The van der Waals surface area contributed by atoms with Crippen molar-refractivity contribution in [2.75, 3.05) is 13.1 Å². The highest BCUT2D eigenvalue weighted by Gasteiger charge is 2.41. The number of carbonyl (C=O) groups is 2. The molecule has 0 spiro atoms. The molecule has 1 aromatic rings. The van der Waals surface area contributed by atoms with Crippen molar-refractivity contribution in [3.63, 3.8) is 0 Å². The molecule has 0 aromatic heterocycles. The van der Waals surface area contributed by atoms with Crippen LogP contribution in [0.4, 0.5) is 0 Å². The van der Waals surface area contributed by atoms with Crippen LogP contribution in [-0.4, -0.2) is 48.6 Å². The van der Waals surface area contributed by atoms with Crippen LogP contribution < -0.4 is 0 Å². The van der Waals surface area contributed by atoms with Crippen LogP contribution in [0.25, 0.3) is 0 Å². The zero-order valence-electron chi connectivity index (χ0n) is 14.0. The van der Waals surface area contributed by atoms with E-state index in [1.807, 2.05) is 4.90 Å². The van der Waals surface area contributed by atoms with Crippen LogP contribution in [0.3, 0.4) is 0 Å². The third-order valence-corrected chi connectivity index (χ3v) is 6.80. The minimum atomic E-state index is -3.84. The number of fused-ring (bicyclic) bond motifs is 1. The van der Waals surface area contributed by atoms with Crippen molar-refractivity contribution in [1.82, 2.24) is 9.21 Å². The minimum absolute atomic E-state index is 0.0507. The lowest BCUT2D eigenvalue weighted by molar-refractivity contribution is 0.0607. The van der Waals surface area contributed by atoms with E-state index in [0.29, 0.717) is 12.1 Å². The summed E-state index contributed by atoms with van der Waals surface area (Å²) in [4.78, 5) is 26.8. The number of hydrogen-bond acceptors (Lipinski definition) is 4. The molecule has 0 N–H and O–H groups in total. The fraction of sp³-hybridized carbons (Fsp3) is 0.529. The van der Waals surface area contributed by atoms with Gasteiger partial charge in [0.25, 0.3) is 21.8 Å². The van der Waals surface area contributed by atoms with Gasteiger partial charge >= 0.3 is 0 Å². The van der Waals surface area contributed by atoms with Gasteiger partial charge in [-0.2, -0.15) is 0 Å². The molecule has 2 amide bonds. The van der Waals surface area contributed by atoms with Gasteiger partial charge in [-0.25, -0.2) is 12.7 Å². The summed E-state index contributed by atoms with van der Waals surface area (Å²) in [6.45, 7) is 4.46. The lowest BCUT2D eigenvalue weighted by Crippen LogP contribution is -2.43. The summed E-state index contributed by atoms with van der Waals surface area (Å²) in [5.74, 6) is -0.669. The topological polar surface area (TPSA) is 74.8 Å². The Hall–Kier alpha value is -1.89. The summed E-state index contributed by atoms with van der Waals surface area (Å²) in [5.41, 5.74) is 0.488. The van der Waals surface area contributed by atoms with Crippen LogP contribution >= 0.6 is 0 Å². The number of carbonyl (C=O) groups excluding carboxylic acids is 2. The molecule has 0 aliphatic carbocycles. The monoisotopic (exact) mass is 350 g/mol. The van der Waals surface area contributed by atoms with Crippen molar-refractivity contribution in [3.8, 4) is 0 Å². The first kappa shape index (κ1) is 17.0. The molecular weight excluding hydrogens is 328 g/mol. The molecule has 0 bridgehead atoms. The van der Waals surface area contributed by atoms with Gasteiger partial charge in [0.05, 0.1) is 5.56 Å². The van der Waals surface area contributed by atoms with Gasteiger partial charge in [-0.3, -0.25) is 9.59 Å². The fourth-order valence-electron chi connectivity index (χ4n) is 3.58. The molecule has 0 saturated carbocycles. The smallest absolute Gasteiger partial charge is 0.268 e. The SMILES string of the molecule is CCC1CCCCN1C(=O)c1ccc2c(c1)S(=O)(=O)N(CC)C2=O. The van der Waals surface area contributed by atoms with Crippen molar-refractivity contribution in [1.29, 1.82) is 0 Å². The standard InChI is InChI=1S/C17H22N2O4S/c1-3-13-7-5-6-10-18(13)16(20)12-8-9-14-15(11-12)24(22,23)19(4-2)17(14)21/h8-9,11,13H,3-7,10H2,1-2H3. The quantitative estimate of drug-likeness (QED) is 0.838. The highest BCUT2D eigenvalue weighted by molar-refractivity contribution is 7.90. The van der Waals surface area contributed by atoms with Gasteiger partial charge in [0, 0.05) is 24.7 Å². The number of rotatable bonds is 3. The molecule has 2 aliphatic heterocycles. The van der Waals surface area contributed by atoms with Gasteiger partial charge in [0.2, 0.25) is 0 Å². The van der Waals surface area contributed by atoms with Crippen LogP contribution in [0.5, 0.6) is 0 Å². The van der Waals surface area contributed by atoms with Crippen LogP contribution in [0, 0.1) is 0 Å². The Morgan fingerprint density at radius 3 is 2.67 bits per heavy atom. The molecule has 7 heteroatoms. The van der Waals surface area contributed by atoms with Crippen molar-refractivity contribution in [2.24, 2.45) is 0 Å². The van der Waals surface area contributed by atoms with Crippen molar-refractivity contribution >= 4 is 21.8 Å². The highest BCUT2D eigenvalue weighted by Crippen LogP contribution is 2.31. The van der Waals surface area contributed by atoms with Crippen molar-refractivity contribution < 1.29 is 18.0 Å². The molecule has 2 aliphatic rings. The fourth-order valence-corrected chi connectivity index (χ4v) is 5.18. The van der Waals surface area contributed by atoms with Gasteiger partial charge in [0.15, 0.2) is 0 Å². The maximum atomic E-state index is 12.8. The van der Waals surface area contributed by atoms with E-state index < -0.39 is 15.9 Å². The predicted octanol–water partition coefficient (Wildman–Crippen LogP) is 2.26. The Morgan fingerprint density at radius 1 is 1.25 bits per heavy atom. The maximum absolute atomic E-state index is 12.8. The van der Waals surface area contributed by atoms with Crippen LogP contribution in [0.15, 0.2) is 23.1 Å². The number of amides is 2. The number of piperidine rings is 1. The Kier molecular flexibility index (Phi) is 4.38. The third kappa shape index (κ3) is 2.51. The van der Waals surface area contributed by atoms with Crippen molar-refractivity contribution in [3.05, 3.63) is 29.3 Å². The van der Waals surface area contributed by atoms with Crippen LogP contribution in [-0.2, 0) is 10.0 Å². The summed E-state index contributed by atoms with van der Waals surface area (Å²) in [7, 11) is -3.84. The van der Waals surface area contributed by atoms with Crippen LogP contribution in [0.1, 0.15) is 60.2 Å². The first-order valence-electron chi connectivity index (χ1n) is 8.43. The normalized spacial score (nSPS) is 22.6. The van der Waals surface area contributed by atoms with Crippen molar-refractivity contribution in [2.45, 2.75) is 50.5 Å². The van der Waals surface area contributed by atoms with E-state index in [-0.39, 0.29) is 29.0 Å². The molecule has 1 saturated heterocycles. The molecule has 24 heavy (non-hydrogen) atoms. The Bertz CT molecular complexity index is 788. The van der Waals surface area contributed by atoms with E-state index in [1.54, 1.807) is 13.0 Å². The second-order valence-corrected chi connectivity index (χ2v) is 8.07. The van der Waals surface area contributed by atoms with E-state index in [0.717, 1.165) is 30.0 Å². The summed E-state index contributed by atoms with van der Waals surface area (Å²) in [6, 6.07) is 4.59. The lowest BCUT2D eigenvalue weighted by atomic mass is 9.98. The van der Waals surface area contributed by atoms with Crippen LogP contribution in [0.2, 0.25) is 0 Å². The molecule has 6 nitrogen and oxygen atoms in total. The number of hydrogen-bond donors (Lipinski definition) is 0. The summed E-state index contributed by atoms with van der Waals surface area (Å²) in [6.07, 6.45) is 3.94. The zero-order chi connectivity index (χ0) is 17.5. The van der Waals surface area contributed by atoms with Gasteiger partial charge in [-0.05, 0) is 50.8 Å². The van der Waals surface area contributed by atoms with E-state index in [9.17, 15) is 18.0 Å².